The molecule has 0 amide bonds. The molecule has 0 aromatic heterocycles. The molecule has 0 saturated heterocycles. The highest BCUT2D eigenvalue weighted by atomic mass is 19.4. The molecule has 0 N–H and O–H groups in total. The lowest BCUT2D eigenvalue weighted by atomic mass is 9.79. The Labute approximate surface area is 119 Å². The number of hydrogen-bond donors (Lipinski definition) is 0. The molecule has 1 saturated carbocycles. The van der Waals surface area contributed by atoms with Gasteiger partial charge in [-0.15, -0.1) is 0 Å². The fourth-order valence-corrected chi connectivity index (χ4v) is 1.98. The van der Waals surface area contributed by atoms with E-state index in [4.69, 9.17) is 0 Å². The predicted molar refractivity (Wildman–Crippen MR) is 49.4 cm³/mol. The molecular formula is C10H5F11O2. The van der Waals surface area contributed by atoms with E-state index in [0.717, 1.165) is 0 Å². The van der Waals surface area contributed by atoms with Crippen LogP contribution in [-0.4, -0.2) is 42.4 Å². The zero-order valence-electron chi connectivity index (χ0n) is 10.5. The van der Waals surface area contributed by atoms with Crippen molar-refractivity contribution in [1.82, 2.24) is 0 Å². The van der Waals surface area contributed by atoms with Crippen molar-refractivity contribution in [1.29, 1.82) is 0 Å². The molecular weight excluding hydrogens is 361 g/mol. The zero-order valence-corrected chi connectivity index (χ0v) is 10.5. The molecule has 0 heterocycles. The maximum Gasteiger partial charge on any atom is 0.410 e. The first-order valence-corrected chi connectivity index (χ1v) is 5.33. The van der Waals surface area contributed by atoms with Gasteiger partial charge in [-0.25, -0.2) is 4.79 Å². The van der Waals surface area contributed by atoms with E-state index in [1.54, 1.807) is 0 Å². The largest absolute Gasteiger partial charge is 0.461 e. The molecule has 1 aliphatic rings. The Bertz CT molecular complexity index is 493. The fourth-order valence-electron chi connectivity index (χ4n) is 1.98. The van der Waals surface area contributed by atoms with Crippen LogP contribution in [0.25, 0.3) is 0 Å². The number of rotatable bonds is 3. The minimum absolute atomic E-state index is 0.0333. The van der Waals surface area contributed by atoms with Crippen molar-refractivity contribution >= 4 is 5.97 Å². The van der Waals surface area contributed by atoms with Crippen LogP contribution >= 0.6 is 0 Å². The number of hydrogen-bond acceptors (Lipinski definition) is 2. The molecule has 2 nitrogen and oxygen atoms in total. The van der Waals surface area contributed by atoms with Crippen molar-refractivity contribution in [3.8, 4) is 0 Å². The summed E-state index contributed by atoms with van der Waals surface area (Å²) in [7, 11) is 0. The second kappa shape index (κ2) is 4.72. The van der Waals surface area contributed by atoms with Crippen LogP contribution < -0.4 is 0 Å². The van der Waals surface area contributed by atoms with E-state index in [-0.39, 0.29) is 6.08 Å². The van der Waals surface area contributed by atoms with Crippen LogP contribution in [0, 0.1) is 5.41 Å². The highest BCUT2D eigenvalue weighted by Crippen LogP contribution is 2.75. The molecule has 1 rings (SSSR count). The van der Waals surface area contributed by atoms with Gasteiger partial charge in [0, 0.05) is 6.08 Å². The molecule has 0 atom stereocenters. The first-order valence-electron chi connectivity index (χ1n) is 5.33. The normalized spacial score (nSPS) is 26.6. The Balaban J connectivity index is 3.73. The first-order chi connectivity index (χ1) is 9.95. The SMILES string of the molecule is C=CC(=O)OCC1(C(F)(F)F)C(F)(F)C(F)(F)C(F)(F)C1(F)F. The summed E-state index contributed by atoms with van der Waals surface area (Å²) in [5.74, 6) is -30.1. The van der Waals surface area contributed by atoms with Gasteiger partial charge < -0.3 is 4.74 Å². The molecule has 1 fully saturated rings. The third-order valence-electron chi connectivity index (χ3n) is 3.34. The Morgan fingerprint density at radius 2 is 1.22 bits per heavy atom. The van der Waals surface area contributed by atoms with Crippen molar-refractivity contribution in [2.24, 2.45) is 5.41 Å². The van der Waals surface area contributed by atoms with E-state index >= 15 is 0 Å². The maximum atomic E-state index is 13.4. The van der Waals surface area contributed by atoms with Crippen LogP contribution in [0.4, 0.5) is 48.3 Å². The number of alkyl halides is 11. The summed E-state index contributed by atoms with van der Waals surface area (Å²) in [5.41, 5.74) is -6.33. The lowest BCUT2D eigenvalue weighted by Gasteiger charge is -2.38. The van der Waals surface area contributed by atoms with Gasteiger partial charge in [0.1, 0.15) is 6.61 Å². The van der Waals surface area contributed by atoms with Gasteiger partial charge in [0.15, 0.2) is 0 Å². The van der Waals surface area contributed by atoms with Gasteiger partial charge in [-0.05, 0) is 0 Å². The average molecular weight is 366 g/mol. The van der Waals surface area contributed by atoms with Gasteiger partial charge in [-0.1, -0.05) is 6.58 Å². The monoisotopic (exact) mass is 366 g/mol. The number of carbonyl (C=O) groups excluding carboxylic acids is 1. The lowest BCUT2D eigenvalue weighted by molar-refractivity contribution is -0.370. The van der Waals surface area contributed by atoms with E-state index in [1.165, 1.54) is 0 Å². The molecule has 134 valence electrons. The van der Waals surface area contributed by atoms with Crippen molar-refractivity contribution in [3.63, 3.8) is 0 Å². The van der Waals surface area contributed by atoms with E-state index < -0.39 is 47.9 Å². The molecule has 13 heteroatoms. The van der Waals surface area contributed by atoms with Crippen LogP contribution in [-0.2, 0) is 9.53 Å². The van der Waals surface area contributed by atoms with Crippen LogP contribution in [0.15, 0.2) is 12.7 Å². The van der Waals surface area contributed by atoms with E-state index in [1.807, 2.05) is 0 Å². The molecule has 23 heavy (non-hydrogen) atoms. The maximum absolute atomic E-state index is 13.4. The minimum Gasteiger partial charge on any atom is -0.461 e. The van der Waals surface area contributed by atoms with Crippen LogP contribution in [0.1, 0.15) is 0 Å². The second-order valence-corrected chi connectivity index (χ2v) is 4.51. The van der Waals surface area contributed by atoms with Gasteiger partial charge in [-0.3, -0.25) is 0 Å². The van der Waals surface area contributed by atoms with Gasteiger partial charge in [0.05, 0.1) is 0 Å². The van der Waals surface area contributed by atoms with Crippen LogP contribution in [0.2, 0.25) is 0 Å². The average Bonchev–Trinajstić information content (AvgIpc) is 2.40. The van der Waals surface area contributed by atoms with Crippen LogP contribution in [0.5, 0.6) is 0 Å². The second-order valence-electron chi connectivity index (χ2n) is 4.51. The third kappa shape index (κ3) is 1.90. The van der Waals surface area contributed by atoms with Crippen molar-refractivity contribution in [3.05, 3.63) is 12.7 Å². The third-order valence-corrected chi connectivity index (χ3v) is 3.34. The molecule has 0 unspecified atom stereocenters. The molecule has 0 aromatic carbocycles. The number of carbonyl (C=O) groups is 1. The Morgan fingerprint density at radius 1 is 0.870 bits per heavy atom. The van der Waals surface area contributed by atoms with E-state index in [0.29, 0.717) is 0 Å². The predicted octanol–water partition coefficient (Wildman–Crippen LogP) is 3.82. The van der Waals surface area contributed by atoms with E-state index in [2.05, 4.69) is 11.3 Å². The molecule has 0 spiro atoms. The quantitative estimate of drug-likeness (QED) is 0.431. The molecule has 0 aliphatic heterocycles. The number of ether oxygens (including phenoxy) is 1. The van der Waals surface area contributed by atoms with Crippen molar-refractivity contribution in [2.45, 2.75) is 29.9 Å². The van der Waals surface area contributed by atoms with Crippen LogP contribution in [0.3, 0.4) is 0 Å². The molecule has 0 bridgehead atoms. The topological polar surface area (TPSA) is 26.3 Å². The van der Waals surface area contributed by atoms with Crippen molar-refractivity contribution in [2.75, 3.05) is 6.61 Å². The smallest absolute Gasteiger partial charge is 0.410 e. The fraction of sp³-hybridized carbons (Fsp3) is 0.700. The van der Waals surface area contributed by atoms with Crippen molar-refractivity contribution < 1.29 is 57.8 Å². The molecule has 0 aromatic rings. The van der Waals surface area contributed by atoms with E-state index in [9.17, 15) is 53.1 Å². The lowest BCUT2D eigenvalue weighted by Crippen LogP contribution is -2.63. The highest BCUT2D eigenvalue weighted by molar-refractivity contribution is 5.81. The molecule has 1 aliphatic carbocycles. The number of halogens is 11. The molecule has 0 radical (unpaired) electrons. The summed E-state index contributed by atoms with van der Waals surface area (Å²) in [5, 5.41) is 0. The number of esters is 1. The van der Waals surface area contributed by atoms with Gasteiger partial charge in [0.2, 0.25) is 5.41 Å². The van der Waals surface area contributed by atoms with Gasteiger partial charge >= 0.3 is 35.8 Å². The minimum atomic E-state index is -7.06. The summed E-state index contributed by atoms with van der Waals surface area (Å²) in [4.78, 5) is 10.6. The summed E-state index contributed by atoms with van der Waals surface area (Å²) >= 11 is 0. The summed E-state index contributed by atoms with van der Waals surface area (Å²) in [6.07, 6.45) is -6.95. The first kappa shape index (κ1) is 19.5. The Kier molecular flexibility index (Phi) is 4.00. The standard InChI is InChI=1S/C10H5F11O2/c1-2-4(22)23-3-5(10(19,20)21)6(11,12)8(15,16)9(17,18)7(5,13)14/h2H,1,3H2. The van der Waals surface area contributed by atoms with Gasteiger partial charge in [-0.2, -0.15) is 48.3 Å². The summed E-state index contributed by atoms with van der Waals surface area (Å²) in [6, 6.07) is 0. The zero-order chi connectivity index (χ0) is 18.7. The van der Waals surface area contributed by atoms with Gasteiger partial charge in [0.25, 0.3) is 0 Å². The summed E-state index contributed by atoms with van der Waals surface area (Å²) < 4.78 is 147. The summed E-state index contributed by atoms with van der Waals surface area (Å²) in [6.45, 7) is -0.567. The Hall–Kier alpha value is -1.56. The highest BCUT2D eigenvalue weighted by Gasteiger charge is 3.04. The Morgan fingerprint density at radius 3 is 1.48 bits per heavy atom.